The SMILES string of the molecule is CCCC1CN(c2ccc(N(CC)CC)cc2)C(C)CN1. The number of piperazine rings is 1. The van der Waals surface area contributed by atoms with Crippen LogP contribution in [0.1, 0.15) is 40.5 Å². The predicted octanol–water partition coefficient (Wildman–Crippen LogP) is 3.50. The van der Waals surface area contributed by atoms with Gasteiger partial charge in [-0.2, -0.15) is 0 Å². The molecule has 1 aromatic rings. The minimum Gasteiger partial charge on any atom is -0.372 e. The highest BCUT2D eigenvalue weighted by Crippen LogP contribution is 2.24. The number of benzene rings is 1. The molecule has 0 aromatic heterocycles. The number of hydrogen-bond donors (Lipinski definition) is 1. The van der Waals surface area contributed by atoms with Crippen LogP contribution in [0.25, 0.3) is 0 Å². The molecule has 1 N–H and O–H groups in total. The quantitative estimate of drug-likeness (QED) is 0.864. The largest absolute Gasteiger partial charge is 0.372 e. The van der Waals surface area contributed by atoms with Crippen LogP contribution < -0.4 is 15.1 Å². The van der Waals surface area contributed by atoms with E-state index in [0.29, 0.717) is 12.1 Å². The summed E-state index contributed by atoms with van der Waals surface area (Å²) in [5, 5.41) is 3.67. The van der Waals surface area contributed by atoms with E-state index >= 15 is 0 Å². The van der Waals surface area contributed by atoms with Crippen LogP contribution in [0, 0.1) is 0 Å². The van der Waals surface area contributed by atoms with Crippen LogP contribution in [0.2, 0.25) is 0 Å². The Kier molecular flexibility index (Phi) is 5.92. The van der Waals surface area contributed by atoms with Crippen molar-refractivity contribution in [3.8, 4) is 0 Å². The molecule has 1 saturated heterocycles. The summed E-state index contributed by atoms with van der Waals surface area (Å²) in [5.41, 5.74) is 2.69. The van der Waals surface area contributed by atoms with E-state index < -0.39 is 0 Å². The molecule has 2 atom stereocenters. The zero-order chi connectivity index (χ0) is 15.2. The zero-order valence-corrected chi connectivity index (χ0v) is 14.1. The first-order valence-corrected chi connectivity index (χ1v) is 8.54. The lowest BCUT2D eigenvalue weighted by molar-refractivity contribution is 0.386. The molecule has 1 aliphatic heterocycles. The molecule has 3 nitrogen and oxygen atoms in total. The van der Waals surface area contributed by atoms with Crippen LogP contribution in [0.3, 0.4) is 0 Å². The Balaban J connectivity index is 2.09. The average molecular weight is 289 g/mol. The van der Waals surface area contributed by atoms with E-state index in [-0.39, 0.29) is 0 Å². The van der Waals surface area contributed by atoms with Crippen molar-refractivity contribution < 1.29 is 0 Å². The van der Waals surface area contributed by atoms with E-state index in [2.05, 4.69) is 67.1 Å². The van der Waals surface area contributed by atoms with Gasteiger partial charge in [0, 0.05) is 49.6 Å². The summed E-state index contributed by atoms with van der Waals surface area (Å²) in [6.07, 6.45) is 2.52. The Morgan fingerprint density at radius 2 is 1.81 bits per heavy atom. The monoisotopic (exact) mass is 289 g/mol. The van der Waals surface area contributed by atoms with Gasteiger partial charge in [0.2, 0.25) is 0 Å². The van der Waals surface area contributed by atoms with E-state index in [1.54, 1.807) is 0 Å². The Morgan fingerprint density at radius 1 is 1.14 bits per heavy atom. The van der Waals surface area contributed by atoms with Gasteiger partial charge in [0.15, 0.2) is 0 Å². The Morgan fingerprint density at radius 3 is 2.38 bits per heavy atom. The van der Waals surface area contributed by atoms with Gasteiger partial charge in [-0.3, -0.25) is 0 Å². The van der Waals surface area contributed by atoms with Crippen LogP contribution in [-0.4, -0.2) is 38.3 Å². The average Bonchev–Trinajstić information content (AvgIpc) is 2.51. The molecule has 118 valence electrons. The number of anilines is 2. The Labute approximate surface area is 130 Å². The fourth-order valence-electron chi connectivity index (χ4n) is 3.27. The number of rotatable bonds is 6. The molecule has 0 saturated carbocycles. The van der Waals surface area contributed by atoms with Gasteiger partial charge in [0.05, 0.1) is 0 Å². The first-order chi connectivity index (χ1) is 10.2. The van der Waals surface area contributed by atoms with Crippen molar-refractivity contribution in [2.24, 2.45) is 0 Å². The van der Waals surface area contributed by atoms with Gasteiger partial charge >= 0.3 is 0 Å². The van der Waals surface area contributed by atoms with Crippen LogP contribution in [0.4, 0.5) is 11.4 Å². The second-order valence-electron chi connectivity index (χ2n) is 6.08. The topological polar surface area (TPSA) is 18.5 Å². The zero-order valence-electron chi connectivity index (χ0n) is 14.1. The minimum atomic E-state index is 0.567. The molecule has 1 aromatic carbocycles. The molecule has 1 fully saturated rings. The fraction of sp³-hybridized carbons (Fsp3) is 0.667. The molecular formula is C18H31N3. The van der Waals surface area contributed by atoms with Crippen molar-refractivity contribution in [1.82, 2.24) is 5.32 Å². The van der Waals surface area contributed by atoms with Crippen molar-refractivity contribution >= 4 is 11.4 Å². The van der Waals surface area contributed by atoms with Gasteiger partial charge in [0.25, 0.3) is 0 Å². The summed E-state index contributed by atoms with van der Waals surface area (Å²) >= 11 is 0. The molecule has 1 heterocycles. The molecule has 3 heteroatoms. The smallest absolute Gasteiger partial charge is 0.0387 e. The van der Waals surface area contributed by atoms with Crippen molar-refractivity contribution in [2.45, 2.75) is 52.6 Å². The second kappa shape index (κ2) is 7.69. The van der Waals surface area contributed by atoms with Crippen molar-refractivity contribution in [3.05, 3.63) is 24.3 Å². The normalized spacial score (nSPS) is 22.4. The van der Waals surface area contributed by atoms with Crippen LogP contribution >= 0.6 is 0 Å². The Bertz CT molecular complexity index is 411. The number of nitrogens with zero attached hydrogens (tertiary/aromatic N) is 2. The summed E-state index contributed by atoms with van der Waals surface area (Å²) < 4.78 is 0. The molecule has 1 aliphatic rings. The van der Waals surface area contributed by atoms with E-state index in [9.17, 15) is 0 Å². The van der Waals surface area contributed by atoms with E-state index in [4.69, 9.17) is 0 Å². The summed E-state index contributed by atoms with van der Waals surface area (Å²) in [5.74, 6) is 0. The lowest BCUT2D eigenvalue weighted by atomic mass is 10.0. The Hall–Kier alpha value is -1.22. The van der Waals surface area contributed by atoms with Crippen molar-refractivity contribution in [1.29, 1.82) is 0 Å². The first kappa shape index (κ1) is 16.2. The standard InChI is InChI=1S/C18H31N3/c1-5-8-16-14-21(15(4)13-19-16)18-11-9-17(10-12-18)20(6-2)7-3/h9-12,15-16,19H,5-8,13-14H2,1-4H3. The highest BCUT2D eigenvalue weighted by atomic mass is 15.2. The molecule has 0 bridgehead atoms. The first-order valence-electron chi connectivity index (χ1n) is 8.54. The molecule has 21 heavy (non-hydrogen) atoms. The maximum Gasteiger partial charge on any atom is 0.0387 e. The van der Waals surface area contributed by atoms with E-state index in [1.807, 2.05) is 0 Å². The molecule has 0 amide bonds. The van der Waals surface area contributed by atoms with E-state index in [1.165, 1.54) is 24.2 Å². The molecular weight excluding hydrogens is 258 g/mol. The van der Waals surface area contributed by atoms with Gasteiger partial charge in [-0.1, -0.05) is 13.3 Å². The minimum absolute atomic E-state index is 0.567. The lowest BCUT2D eigenvalue weighted by Crippen LogP contribution is -2.55. The fourth-order valence-corrected chi connectivity index (χ4v) is 3.27. The van der Waals surface area contributed by atoms with Gasteiger partial charge in [-0.25, -0.2) is 0 Å². The third-order valence-electron chi connectivity index (χ3n) is 4.60. The third-order valence-corrected chi connectivity index (χ3v) is 4.60. The number of nitrogens with one attached hydrogen (secondary N) is 1. The third kappa shape index (κ3) is 3.91. The maximum atomic E-state index is 3.67. The highest BCUT2D eigenvalue weighted by Gasteiger charge is 2.24. The van der Waals surface area contributed by atoms with Gasteiger partial charge < -0.3 is 15.1 Å². The molecule has 2 unspecified atom stereocenters. The summed E-state index contributed by atoms with van der Waals surface area (Å²) in [6, 6.07) is 10.3. The van der Waals surface area contributed by atoms with Crippen molar-refractivity contribution in [2.75, 3.05) is 36.0 Å². The summed E-state index contributed by atoms with van der Waals surface area (Å²) in [7, 11) is 0. The summed E-state index contributed by atoms with van der Waals surface area (Å²) in [4.78, 5) is 4.95. The van der Waals surface area contributed by atoms with Gasteiger partial charge in [-0.15, -0.1) is 0 Å². The molecule has 0 radical (unpaired) electrons. The van der Waals surface area contributed by atoms with Crippen LogP contribution in [-0.2, 0) is 0 Å². The van der Waals surface area contributed by atoms with Crippen LogP contribution in [0.15, 0.2) is 24.3 Å². The summed E-state index contributed by atoms with van der Waals surface area (Å²) in [6.45, 7) is 13.4. The molecule has 2 rings (SSSR count). The molecule has 0 aliphatic carbocycles. The maximum absolute atomic E-state index is 3.67. The molecule has 0 spiro atoms. The highest BCUT2D eigenvalue weighted by molar-refractivity contribution is 5.57. The van der Waals surface area contributed by atoms with Crippen LogP contribution in [0.5, 0.6) is 0 Å². The van der Waals surface area contributed by atoms with Gasteiger partial charge in [-0.05, 0) is 51.5 Å². The van der Waals surface area contributed by atoms with Crippen molar-refractivity contribution in [3.63, 3.8) is 0 Å². The number of hydrogen-bond acceptors (Lipinski definition) is 3. The predicted molar refractivity (Wildman–Crippen MR) is 93.5 cm³/mol. The second-order valence-corrected chi connectivity index (χ2v) is 6.08. The van der Waals surface area contributed by atoms with Gasteiger partial charge in [0.1, 0.15) is 0 Å². The van der Waals surface area contributed by atoms with E-state index in [0.717, 1.165) is 26.2 Å². The lowest BCUT2D eigenvalue weighted by Gasteiger charge is -2.40.